The van der Waals surface area contributed by atoms with Crippen LogP contribution in [0.25, 0.3) is 0 Å². The van der Waals surface area contributed by atoms with E-state index < -0.39 is 8.07 Å². The van der Waals surface area contributed by atoms with Crippen molar-refractivity contribution in [2.24, 2.45) is 5.92 Å². The zero-order valence-electron chi connectivity index (χ0n) is 10.8. The normalized spacial score (nSPS) is 18.5. The molecule has 0 bridgehead atoms. The van der Waals surface area contributed by atoms with Gasteiger partial charge >= 0.3 is 30.8 Å². The molecule has 0 aromatic carbocycles. The molecule has 0 amide bonds. The summed E-state index contributed by atoms with van der Waals surface area (Å²) in [5.41, 5.74) is 0. The predicted octanol–water partition coefficient (Wildman–Crippen LogP) is 2.83. The quantitative estimate of drug-likeness (QED) is 0.341. The summed E-state index contributed by atoms with van der Waals surface area (Å²) in [4.78, 5) is 11.5. The smallest absolute Gasteiger partial charge is 1.00 e. The molecule has 5 heteroatoms. The summed E-state index contributed by atoms with van der Waals surface area (Å²) < 4.78 is 12.8. The summed E-state index contributed by atoms with van der Waals surface area (Å²) in [6, 6.07) is 1.07. The van der Waals surface area contributed by atoms with Gasteiger partial charge in [0, 0.05) is 8.07 Å². The van der Waals surface area contributed by atoms with Crippen LogP contribution in [-0.2, 0) is 33.7 Å². The van der Waals surface area contributed by atoms with Crippen LogP contribution in [0.4, 0.5) is 0 Å². The van der Waals surface area contributed by atoms with E-state index in [1.807, 2.05) is 0 Å². The summed E-state index contributed by atoms with van der Waals surface area (Å²) in [6.45, 7) is 12.0. The van der Waals surface area contributed by atoms with Crippen molar-refractivity contribution < 1.29 is 33.7 Å². The van der Waals surface area contributed by atoms with Crippen molar-refractivity contribution in [3.8, 4) is 0 Å². The van der Waals surface area contributed by atoms with Crippen LogP contribution in [0, 0.1) is 19.0 Å². The van der Waals surface area contributed by atoms with Crippen LogP contribution in [0.3, 0.4) is 0 Å². The zero-order valence-corrected chi connectivity index (χ0v) is 13.5. The standard InChI is InChI=1S/C11H21O2Si.CO.Ru/c1-14(2,3)9-8-13-11(12)10-6-4-5-7-10;1-2;/h6,10H,4-5,7-9H2,1-3H3;;/q-1;;+1. The van der Waals surface area contributed by atoms with Gasteiger partial charge in [-0.2, -0.15) is 6.42 Å². The first-order chi connectivity index (χ1) is 7.49. The van der Waals surface area contributed by atoms with Gasteiger partial charge in [0.05, 0.1) is 6.61 Å². The van der Waals surface area contributed by atoms with Gasteiger partial charge in [-0.15, -0.1) is 0 Å². The van der Waals surface area contributed by atoms with Crippen LogP contribution in [0.5, 0.6) is 0 Å². The fraction of sp³-hybridized carbons (Fsp3) is 0.750. The minimum atomic E-state index is -1.05. The number of ether oxygens (including phenoxy) is 1. The Kier molecular flexibility index (Phi) is 11.4. The van der Waals surface area contributed by atoms with E-state index in [2.05, 4.69) is 32.7 Å². The third-order valence-electron chi connectivity index (χ3n) is 2.57. The fourth-order valence-corrected chi connectivity index (χ4v) is 2.27. The average Bonchev–Trinajstić information content (AvgIpc) is 2.71. The van der Waals surface area contributed by atoms with E-state index in [1.165, 1.54) is 0 Å². The second-order valence-electron chi connectivity index (χ2n) is 5.25. The molecule has 0 heterocycles. The second-order valence-corrected chi connectivity index (χ2v) is 10.9. The molecule has 99 valence electrons. The maximum atomic E-state index is 11.5. The van der Waals surface area contributed by atoms with Gasteiger partial charge in [0.25, 0.3) is 5.97 Å². The predicted molar refractivity (Wildman–Crippen MR) is 64.7 cm³/mol. The zero-order chi connectivity index (χ0) is 12.6. The van der Waals surface area contributed by atoms with Crippen molar-refractivity contribution in [3.05, 3.63) is 13.1 Å². The van der Waals surface area contributed by atoms with E-state index in [-0.39, 0.29) is 31.4 Å². The molecule has 1 saturated carbocycles. The summed E-state index contributed by atoms with van der Waals surface area (Å²) in [5, 5.41) is 0. The van der Waals surface area contributed by atoms with E-state index in [0.717, 1.165) is 25.3 Å². The molecular formula is C12H21O3RuSi. The molecule has 1 aliphatic rings. The number of hydrogen-bond acceptors (Lipinski definition) is 2. The Morgan fingerprint density at radius 1 is 1.47 bits per heavy atom. The first kappa shape index (κ1) is 19.4. The van der Waals surface area contributed by atoms with Gasteiger partial charge < -0.3 is 11.2 Å². The van der Waals surface area contributed by atoms with Crippen molar-refractivity contribution in [1.82, 2.24) is 0 Å². The Morgan fingerprint density at radius 3 is 2.47 bits per heavy atom. The number of carbonyl (C=O) groups is 1. The van der Waals surface area contributed by atoms with Crippen molar-refractivity contribution in [2.45, 2.75) is 44.9 Å². The van der Waals surface area contributed by atoms with Crippen molar-refractivity contribution >= 4 is 14.0 Å². The molecule has 1 radical (unpaired) electrons. The van der Waals surface area contributed by atoms with E-state index in [1.54, 1.807) is 0 Å². The molecule has 3 nitrogen and oxygen atoms in total. The Labute approximate surface area is 118 Å². The molecule has 0 aliphatic heterocycles. The molecular weight excluding hydrogens is 321 g/mol. The van der Waals surface area contributed by atoms with E-state index in [0.29, 0.717) is 6.61 Å². The molecule has 17 heavy (non-hydrogen) atoms. The van der Waals surface area contributed by atoms with Gasteiger partial charge in [-0.25, -0.2) is 0 Å². The average molecular weight is 342 g/mol. The van der Waals surface area contributed by atoms with E-state index in [9.17, 15) is 4.79 Å². The molecule has 1 atom stereocenters. The van der Waals surface area contributed by atoms with Gasteiger partial charge in [0.2, 0.25) is 0 Å². The molecule has 1 aliphatic carbocycles. The van der Waals surface area contributed by atoms with Gasteiger partial charge in [0.1, 0.15) is 0 Å². The van der Waals surface area contributed by atoms with Crippen LogP contribution in [0.15, 0.2) is 0 Å². The Balaban J connectivity index is 0. The molecule has 0 N–H and O–H groups in total. The SMILES string of the molecule is C[Si](C)(C)CCOC(=O)C1[CH-]CCC1.[C-]#[O+].[Ru+]. The number of esters is 1. The van der Waals surface area contributed by atoms with Crippen LogP contribution in [0.1, 0.15) is 19.3 Å². The Bertz CT molecular complexity index is 230. The number of rotatable bonds is 4. The fourth-order valence-electron chi connectivity index (χ4n) is 1.55. The summed E-state index contributed by atoms with van der Waals surface area (Å²) >= 11 is 0. The minimum absolute atomic E-state index is 0. The summed E-state index contributed by atoms with van der Waals surface area (Å²) in [7, 11) is -1.05. The molecule has 1 rings (SSSR count). The molecule has 1 unspecified atom stereocenters. The van der Waals surface area contributed by atoms with Gasteiger partial charge in [-0.3, -0.25) is 4.79 Å². The third kappa shape index (κ3) is 9.72. The van der Waals surface area contributed by atoms with E-state index in [4.69, 9.17) is 9.39 Å². The summed E-state index contributed by atoms with van der Waals surface area (Å²) in [5.74, 6) is 0.0948. The largest absolute Gasteiger partial charge is 1.00 e. The van der Waals surface area contributed by atoms with Crippen LogP contribution >= 0.6 is 0 Å². The van der Waals surface area contributed by atoms with Crippen LogP contribution in [-0.4, -0.2) is 20.7 Å². The molecule has 1 fully saturated rings. The topological polar surface area (TPSA) is 46.2 Å². The molecule has 0 aromatic rings. The van der Waals surface area contributed by atoms with E-state index >= 15 is 0 Å². The van der Waals surface area contributed by atoms with Crippen LogP contribution in [0.2, 0.25) is 25.7 Å². The first-order valence-electron chi connectivity index (χ1n) is 5.69. The third-order valence-corrected chi connectivity index (χ3v) is 4.27. The molecule has 0 spiro atoms. The molecule has 0 saturated heterocycles. The van der Waals surface area contributed by atoms with Crippen LogP contribution < -0.4 is 0 Å². The monoisotopic (exact) mass is 343 g/mol. The Hall–Kier alpha value is 0.0503. The van der Waals surface area contributed by atoms with Gasteiger partial charge in [-0.1, -0.05) is 38.4 Å². The number of hydrogen-bond donors (Lipinski definition) is 0. The maximum absolute atomic E-state index is 11.5. The van der Waals surface area contributed by atoms with Crippen molar-refractivity contribution in [1.29, 1.82) is 0 Å². The second kappa shape index (κ2) is 10.0. The van der Waals surface area contributed by atoms with Gasteiger partial charge in [-0.05, 0) is 6.04 Å². The molecule has 0 aromatic heterocycles. The summed E-state index contributed by atoms with van der Waals surface area (Å²) in [6.07, 6.45) is 5.31. The van der Waals surface area contributed by atoms with Crippen molar-refractivity contribution in [3.63, 3.8) is 0 Å². The maximum Gasteiger partial charge on any atom is 1.00 e. The van der Waals surface area contributed by atoms with Crippen molar-refractivity contribution in [2.75, 3.05) is 6.61 Å². The number of carbonyl (C=O) groups excluding carboxylic acids is 1. The minimum Gasteiger partial charge on any atom is 1.00 e. The van der Waals surface area contributed by atoms with Gasteiger partial charge in [0.15, 0.2) is 0 Å². The first-order valence-corrected chi connectivity index (χ1v) is 9.40. The Morgan fingerprint density at radius 2 is 2.06 bits per heavy atom.